The van der Waals surface area contributed by atoms with Gasteiger partial charge in [0.1, 0.15) is 0 Å². The first-order valence-corrected chi connectivity index (χ1v) is 7.20. The van der Waals surface area contributed by atoms with Crippen molar-refractivity contribution in [1.29, 1.82) is 0 Å². The number of nitrogens with one attached hydrogen (secondary N) is 1. The van der Waals surface area contributed by atoms with Crippen LogP contribution in [0.4, 0.5) is 0 Å². The van der Waals surface area contributed by atoms with Gasteiger partial charge in [0, 0.05) is 32.4 Å². The van der Waals surface area contributed by atoms with Crippen molar-refractivity contribution >= 4 is 0 Å². The third-order valence-corrected chi connectivity index (χ3v) is 3.83. The lowest BCUT2D eigenvalue weighted by atomic mass is 10.0. The molecule has 19 heavy (non-hydrogen) atoms. The summed E-state index contributed by atoms with van der Waals surface area (Å²) in [5.41, 5.74) is 1.19. The second-order valence-corrected chi connectivity index (χ2v) is 5.41. The molecule has 2 heterocycles. The summed E-state index contributed by atoms with van der Waals surface area (Å²) in [5.74, 6) is 0. The van der Waals surface area contributed by atoms with E-state index < -0.39 is 0 Å². The van der Waals surface area contributed by atoms with Gasteiger partial charge in [-0.3, -0.25) is 9.58 Å². The Morgan fingerprint density at radius 1 is 1.53 bits per heavy atom. The molecule has 1 aromatic rings. The lowest BCUT2D eigenvalue weighted by Gasteiger charge is -2.39. The maximum absolute atomic E-state index is 6.01. The van der Waals surface area contributed by atoms with E-state index in [9.17, 15) is 0 Å². The van der Waals surface area contributed by atoms with E-state index in [0.29, 0.717) is 6.04 Å². The number of hydrogen-bond donors (Lipinski definition) is 1. The minimum absolute atomic E-state index is 0.187. The van der Waals surface area contributed by atoms with E-state index in [1.54, 1.807) is 0 Å². The Labute approximate surface area is 115 Å². The van der Waals surface area contributed by atoms with Crippen molar-refractivity contribution in [3.05, 3.63) is 18.0 Å². The lowest BCUT2D eigenvalue weighted by Crippen LogP contribution is -2.50. The molecule has 0 saturated carbocycles. The van der Waals surface area contributed by atoms with Gasteiger partial charge in [0.05, 0.1) is 24.4 Å². The molecular formula is C14H26N4O. The van der Waals surface area contributed by atoms with Crippen molar-refractivity contribution < 1.29 is 4.74 Å². The van der Waals surface area contributed by atoms with Crippen LogP contribution in [-0.2, 0) is 11.8 Å². The van der Waals surface area contributed by atoms with Crippen LogP contribution in [0.2, 0.25) is 0 Å². The number of rotatable bonds is 5. The molecule has 108 valence electrons. The smallest absolute Gasteiger partial charge is 0.0912 e. The number of hydrogen-bond acceptors (Lipinski definition) is 4. The van der Waals surface area contributed by atoms with E-state index in [-0.39, 0.29) is 12.1 Å². The Morgan fingerprint density at radius 3 is 2.89 bits per heavy atom. The Bertz CT molecular complexity index is 391. The second kappa shape index (κ2) is 6.50. The number of morpholine rings is 1. The topological polar surface area (TPSA) is 42.3 Å². The normalized spacial score (nSPS) is 22.9. The molecule has 0 radical (unpaired) electrons. The summed E-state index contributed by atoms with van der Waals surface area (Å²) >= 11 is 0. The van der Waals surface area contributed by atoms with Crippen molar-refractivity contribution in [1.82, 2.24) is 20.0 Å². The third-order valence-electron chi connectivity index (χ3n) is 3.83. The molecule has 1 aliphatic heterocycles. The van der Waals surface area contributed by atoms with Crippen molar-refractivity contribution in [2.24, 2.45) is 7.05 Å². The van der Waals surface area contributed by atoms with Gasteiger partial charge in [-0.25, -0.2) is 0 Å². The molecule has 0 bridgehead atoms. The van der Waals surface area contributed by atoms with Crippen molar-refractivity contribution in [3.63, 3.8) is 0 Å². The first-order chi connectivity index (χ1) is 9.13. The fourth-order valence-electron chi connectivity index (χ4n) is 2.70. The summed E-state index contributed by atoms with van der Waals surface area (Å²) in [7, 11) is 1.99. The molecule has 0 aliphatic carbocycles. The molecule has 1 fully saturated rings. The zero-order valence-corrected chi connectivity index (χ0v) is 12.5. The van der Waals surface area contributed by atoms with Gasteiger partial charge >= 0.3 is 0 Å². The van der Waals surface area contributed by atoms with E-state index in [1.165, 1.54) is 5.69 Å². The largest absolute Gasteiger partial charge is 0.374 e. The molecule has 1 aliphatic rings. The number of likely N-dealkylation sites (N-methyl/N-ethyl adjacent to an activating group) is 1. The van der Waals surface area contributed by atoms with E-state index in [4.69, 9.17) is 4.74 Å². The highest BCUT2D eigenvalue weighted by Crippen LogP contribution is 2.22. The molecule has 5 heteroatoms. The van der Waals surface area contributed by atoms with Gasteiger partial charge in [-0.05, 0) is 26.5 Å². The predicted molar refractivity (Wildman–Crippen MR) is 76.1 cm³/mol. The van der Waals surface area contributed by atoms with Gasteiger partial charge in [0.15, 0.2) is 0 Å². The van der Waals surface area contributed by atoms with E-state index in [0.717, 1.165) is 26.2 Å². The standard InChI is InChI=1S/C14H26N4O/c1-5-15-14(12-6-7-16-17(12)4)13-10-18(11(2)3)8-9-19-13/h6-7,11,13-15H,5,8-10H2,1-4H3. The van der Waals surface area contributed by atoms with Crippen LogP contribution in [-0.4, -0.2) is 53.1 Å². The number of nitrogens with zero attached hydrogens (tertiary/aromatic N) is 3. The maximum Gasteiger partial charge on any atom is 0.0912 e. The Kier molecular flexibility index (Phi) is 4.96. The van der Waals surface area contributed by atoms with Gasteiger partial charge in [0.25, 0.3) is 0 Å². The molecule has 0 spiro atoms. The quantitative estimate of drug-likeness (QED) is 0.869. The minimum Gasteiger partial charge on any atom is -0.374 e. The predicted octanol–water partition coefficient (Wildman–Crippen LogP) is 1.18. The number of ether oxygens (including phenoxy) is 1. The van der Waals surface area contributed by atoms with Crippen LogP contribution in [0.5, 0.6) is 0 Å². The number of aromatic nitrogens is 2. The average Bonchev–Trinajstić information content (AvgIpc) is 2.82. The van der Waals surface area contributed by atoms with Crippen LogP contribution in [0, 0.1) is 0 Å². The molecule has 1 aromatic heterocycles. The molecule has 1 saturated heterocycles. The number of aryl methyl sites for hydroxylation is 1. The maximum atomic E-state index is 6.01. The van der Waals surface area contributed by atoms with Crippen LogP contribution in [0.3, 0.4) is 0 Å². The molecule has 2 unspecified atom stereocenters. The molecular weight excluding hydrogens is 240 g/mol. The first-order valence-electron chi connectivity index (χ1n) is 7.20. The van der Waals surface area contributed by atoms with E-state index in [1.807, 2.05) is 17.9 Å². The van der Waals surface area contributed by atoms with E-state index >= 15 is 0 Å². The third kappa shape index (κ3) is 3.35. The highest BCUT2D eigenvalue weighted by molar-refractivity contribution is 5.09. The highest BCUT2D eigenvalue weighted by atomic mass is 16.5. The fourth-order valence-corrected chi connectivity index (χ4v) is 2.70. The van der Waals surface area contributed by atoms with E-state index in [2.05, 4.69) is 42.2 Å². The van der Waals surface area contributed by atoms with Crippen molar-refractivity contribution in [2.45, 2.75) is 39.0 Å². The molecule has 2 rings (SSSR count). The zero-order chi connectivity index (χ0) is 13.8. The monoisotopic (exact) mass is 266 g/mol. The van der Waals surface area contributed by atoms with Crippen LogP contribution in [0.1, 0.15) is 32.5 Å². The Morgan fingerprint density at radius 2 is 2.32 bits per heavy atom. The van der Waals surface area contributed by atoms with Crippen molar-refractivity contribution in [2.75, 3.05) is 26.2 Å². The molecule has 5 nitrogen and oxygen atoms in total. The average molecular weight is 266 g/mol. The Hall–Kier alpha value is -0.910. The fraction of sp³-hybridized carbons (Fsp3) is 0.786. The van der Waals surface area contributed by atoms with Crippen LogP contribution < -0.4 is 5.32 Å². The van der Waals surface area contributed by atoms with Gasteiger partial charge < -0.3 is 10.1 Å². The van der Waals surface area contributed by atoms with Crippen molar-refractivity contribution in [3.8, 4) is 0 Å². The summed E-state index contributed by atoms with van der Waals surface area (Å²) in [4.78, 5) is 2.48. The molecule has 0 aromatic carbocycles. The summed E-state index contributed by atoms with van der Waals surface area (Å²) in [6.45, 7) is 10.4. The zero-order valence-electron chi connectivity index (χ0n) is 12.5. The van der Waals surface area contributed by atoms with Gasteiger partial charge in [-0.1, -0.05) is 6.92 Å². The van der Waals surface area contributed by atoms with Crippen LogP contribution in [0.15, 0.2) is 12.3 Å². The van der Waals surface area contributed by atoms with Gasteiger partial charge in [-0.2, -0.15) is 5.10 Å². The SMILES string of the molecule is CCNC(c1ccnn1C)C1CN(C(C)C)CCO1. The highest BCUT2D eigenvalue weighted by Gasteiger charge is 2.31. The van der Waals surface area contributed by atoms with Gasteiger partial charge in [0.2, 0.25) is 0 Å². The molecule has 0 amide bonds. The first kappa shape index (κ1) is 14.5. The summed E-state index contributed by atoms with van der Waals surface area (Å²) in [6.07, 6.45) is 2.04. The lowest BCUT2D eigenvalue weighted by molar-refractivity contribution is -0.0570. The minimum atomic E-state index is 0.187. The van der Waals surface area contributed by atoms with Crippen LogP contribution in [0.25, 0.3) is 0 Å². The molecule has 2 atom stereocenters. The summed E-state index contributed by atoms with van der Waals surface area (Å²) in [5, 5.41) is 7.82. The second-order valence-electron chi connectivity index (χ2n) is 5.41. The summed E-state index contributed by atoms with van der Waals surface area (Å²) in [6, 6.07) is 2.85. The van der Waals surface area contributed by atoms with Gasteiger partial charge in [-0.15, -0.1) is 0 Å². The molecule has 1 N–H and O–H groups in total. The summed E-state index contributed by atoms with van der Waals surface area (Å²) < 4.78 is 7.94. The van der Waals surface area contributed by atoms with Crippen LogP contribution >= 0.6 is 0 Å². The Balaban J connectivity index is 2.13.